The molecule has 0 aromatic heterocycles. The topological polar surface area (TPSA) is 228 Å². The number of rotatable bonds is 61. The summed E-state index contributed by atoms with van der Waals surface area (Å²) in [6, 6.07) is -0.823. The zero-order valence-electron chi connectivity index (χ0n) is 54.4. The molecule has 0 saturated carbocycles. The Hall–Kier alpha value is -1.01. The summed E-state index contributed by atoms with van der Waals surface area (Å²) in [5, 5.41) is 87.3. The molecule has 2 heterocycles. The van der Waals surface area contributed by atoms with Crippen LogP contribution in [-0.2, 0) is 23.7 Å². The van der Waals surface area contributed by atoms with E-state index in [1.54, 1.807) is 0 Å². The number of carbonyl (C=O) groups is 1. The van der Waals surface area contributed by atoms with E-state index in [1.807, 2.05) is 0 Å². The Kier molecular flexibility index (Phi) is 52.7. The summed E-state index contributed by atoms with van der Waals surface area (Å²) < 4.78 is 22.9. The Labute approximate surface area is 514 Å². The van der Waals surface area contributed by atoms with E-state index in [9.17, 15) is 45.6 Å². The predicted molar refractivity (Wildman–Crippen MR) is 342 cm³/mol. The smallest absolute Gasteiger partial charge is 0.220 e. The molecule has 2 aliphatic rings. The number of amides is 1. The molecule has 12 atom stereocenters. The van der Waals surface area contributed by atoms with Crippen LogP contribution < -0.4 is 5.32 Å². The molecule has 14 nitrogen and oxygen atoms in total. The van der Waals surface area contributed by atoms with Gasteiger partial charge in [0.05, 0.1) is 32.0 Å². The minimum absolute atomic E-state index is 0.199. The fraction of sp³-hybridized carbons (Fsp3) is 0.986. The van der Waals surface area contributed by atoms with Crippen molar-refractivity contribution in [1.82, 2.24) is 5.32 Å². The van der Waals surface area contributed by atoms with Gasteiger partial charge in [-0.3, -0.25) is 4.79 Å². The minimum Gasteiger partial charge on any atom is -0.394 e. The highest BCUT2D eigenvalue weighted by Gasteiger charge is 2.51. The first kappa shape index (κ1) is 79.1. The summed E-state index contributed by atoms with van der Waals surface area (Å²) in [6.07, 6.45) is 50.3. The summed E-state index contributed by atoms with van der Waals surface area (Å²) in [6.45, 7) is 2.90. The van der Waals surface area contributed by atoms with Crippen molar-refractivity contribution >= 4 is 5.91 Å². The minimum atomic E-state index is -1.78. The number of hydrogen-bond acceptors (Lipinski definition) is 13. The van der Waals surface area contributed by atoms with Crippen LogP contribution in [0.5, 0.6) is 0 Å². The Morgan fingerprint density at radius 3 is 1.01 bits per heavy atom. The van der Waals surface area contributed by atoms with Gasteiger partial charge in [-0.05, 0) is 12.8 Å². The van der Waals surface area contributed by atoms with E-state index in [4.69, 9.17) is 18.9 Å². The molecule has 14 heteroatoms. The van der Waals surface area contributed by atoms with Gasteiger partial charge in [0.1, 0.15) is 48.8 Å². The van der Waals surface area contributed by atoms with Crippen molar-refractivity contribution in [3.63, 3.8) is 0 Å². The summed E-state index contributed by atoms with van der Waals surface area (Å²) in [5.41, 5.74) is 0. The van der Waals surface area contributed by atoms with E-state index in [2.05, 4.69) is 19.2 Å². The lowest BCUT2D eigenvalue weighted by atomic mass is 9.97. The first-order valence-corrected chi connectivity index (χ1v) is 36.3. The largest absolute Gasteiger partial charge is 0.394 e. The highest BCUT2D eigenvalue weighted by atomic mass is 16.7. The average molecular weight is 1200 g/mol. The van der Waals surface area contributed by atoms with Gasteiger partial charge in [0.25, 0.3) is 0 Å². The lowest BCUT2D eigenvalue weighted by Crippen LogP contribution is -2.65. The van der Waals surface area contributed by atoms with Crippen molar-refractivity contribution in [2.75, 3.05) is 19.8 Å². The second-order valence-electron chi connectivity index (χ2n) is 26.1. The van der Waals surface area contributed by atoms with Crippen molar-refractivity contribution in [3.05, 3.63) is 0 Å². The number of aliphatic hydroxyl groups is 8. The second-order valence-corrected chi connectivity index (χ2v) is 26.1. The molecule has 2 aliphatic heterocycles. The summed E-state index contributed by atoms with van der Waals surface area (Å²) in [5.74, 6) is -0.199. The number of aliphatic hydroxyl groups excluding tert-OH is 8. The summed E-state index contributed by atoms with van der Waals surface area (Å²) >= 11 is 0. The molecule has 0 aliphatic carbocycles. The van der Waals surface area contributed by atoms with E-state index in [0.717, 1.165) is 51.4 Å². The van der Waals surface area contributed by atoms with E-state index < -0.39 is 86.8 Å². The first-order valence-electron chi connectivity index (χ1n) is 36.3. The van der Waals surface area contributed by atoms with Crippen LogP contribution in [-0.4, -0.2) is 140 Å². The normalized spacial score (nSPS) is 23.5. The molecule has 0 aromatic rings. The standard InChI is InChI=1S/C70H137NO13/c1-3-5-7-9-11-13-15-17-18-19-20-21-22-23-24-25-26-27-28-29-30-31-32-33-34-35-36-37-38-39-40-41-42-44-46-48-50-52-54-62(75)71-58(59(74)53-51-49-47-45-43-16-14-12-10-8-6-4-2)57-81-69-67(80)65(78)68(61(56-73)83-69)84-70-66(79)64(77)63(76)60(55-72)82-70/h58-61,63-70,72-74,76-80H,3-57H2,1-2H3,(H,71,75). The van der Waals surface area contributed by atoms with Crippen LogP contribution >= 0.6 is 0 Å². The van der Waals surface area contributed by atoms with Gasteiger partial charge in [0.15, 0.2) is 12.6 Å². The van der Waals surface area contributed by atoms with Crippen LogP contribution in [0, 0.1) is 0 Å². The second kappa shape index (κ2) is 56.0. The number of carbonyl (C=O) groups excluding carboxylic acids is 1. The molecule has 1 amide bonds. The molecule has 84 heavy (non-hydrogen) atoms. The molecule has 2 rings (SSSR count). The van der Waals surface area contributed by atoms with E-state index in [-0.39, 0.29) is 12.5 Å². The molecular formula is C70H137NO13. The van der Waals surface area contributed by atoms with Crippen molar-refractivity contribution in [3.8, 4) is 0 Å². The maximum atomic E-state index is 13.3. The zero-order valence-corrected chi connectivity index (χ0v) is 54.4. The van der Waals surface area contributed by atoms with Gasteiger partial charge in [0.2, 0.25) is 5.91 Å². The van der Waals surface area contributed by atoms with Crippen molar-refractivity contribution in [2.45, 2.75) is 421 Å². The van der Waals surface area contributed by atoms with Crippen LogP contribution in [0.2, 0.25) is 0 Å². The van der Waals surface area contributed by atoms with Crippen LogP contribution in [0.1, 0.15) is 348 Å². The van der Waals surface area contributed by atoms with Crippen LogP contribution in [0.4, 0.5) is 0 Å². The van der Waals surface area contributed by atoms with Crippen LogP contribution in [0.15, 0.2) is 0 Å². The number of unbranched alkanes of at least 4 members (excludes halogenated alkanes) is 48. The predicted octanol–water partition coefficient (Wildman–Crippen LogP) is 14.8. The average Bonchev–Trinajstić information content (AvgIpc) is 3.31. The van der Waals surface area contributed by atoms with Gasteiger partial charge in [-0.25, -0.2) is 0 Å². The third-order valence-electron chi connectivity index (χ3n) is 18.3. The lowest BCUT2D eigenvalue weighted by molar-refractivity contribution is -0.359. The van der Waals surface area contributed by atoms with Gasteiger partial charge in [0, 0.05) is 6.42 Å². The first-order chi connectivity index (χ1) is 41.1. The Bertz CT molecular complexity index is 1410. The van der Waals surface area contributed by atoms with Gasteiger partial charge in [-0.15, -0.1) is 0 Å². The third kappa shape index (κ3) is 39.9. The fourth-order valence-corrected chi connectivity index (χ4v) is 12.5. The Morgan fingerprint density at radius 2 is 0.679 bits per heavy atom. The number of ether oxygens (including phenoxy) is 4. The third-order valence-corrected chi connectivity index (χ3v) is 18.3. The maximum absolute atomic E-state index is 13.3. The van der Waals surface area contributed by atoms with Crippen molar-refractivity contribution in [2.24, 2.45) is 0 Å². The van der Waals surface area contributed by atoms with Gasteiger partial charge in [-0.1, -0.05) is 328 Å². The van der Waals surface area contributed by atoms with Gasteiger partial charge < -0.3 is 65.1 Å². The fourth-order valence-electron chi connectivity index (χ4n) is 12.5. The monoisotopic (exact) mass is 1200 g/mol. The molecular weight excluding hydrogens is 1060 g/mol. The van der Waals surface area contributed by atoms with Gasteiger partial charge in [-0.2, -0.15) is 0 Å². The molecule has 500 valence electrons. The number of nitrogens with one attached hydrogen (secondary N) is 1. The van der Waals surface area contributed by atoms with E-state index in [1.165, 1.54) is 270 Å². The van der Waals surface area contributed by atoms with Crippen LogP contribution in [0.25, 0.3) is 0 Å². The van der Waals surface area contributed by atoms with Crippen molar-refractivity contribution in [1.29, 1.82) is 0 Å². The SMILES string of the molecule is CCCCCCCCCCCCCCCCCCCCCCCCCCCCCCCCCCCCCCCCC(=O)NC(COC1OC(CO)C(OC2OC(CO)C(O)C(O)C2O)C(O)C1O)C(O)CCCCCCCCCCCCCC. The summed E-state index contributed by atoms with van der Waals surface area (Å²) in [4.78, 5) is 13.3. The lowest BCUT2D eigenvalue weighted by Gasteiger charge is -2.46. The molecule has 2 saturated heterocycles. The maximum Gasteiger partial charge on any atom is 0.220 e. The van der Waals surface area contributed by atoms with E-state index >= 15 is 0 Å². The van der Waals surface area contributed by atoms with E-state index in [0.29, 0.717) is 12.8 Å². The molecule has 0 aromatic carbocycles. The highest BCUT2D eigenvalue weighted by Crippen LogP contribution is 2.30. The van der Waals surface area contributed by atoms with Gasteiger partial charge >= 0.3 is 0 Å². The Morgan fingerprint density at radius 1 is 0.381 bits per heavy atom. The Balaban J connectivity index is 1.52. The molecule has 0 radical (unpaired) electrons. The molecule has 0 spiro atoms. The number of hydrogen-bond donors (Lipinski definition) is 9. The highest BCUT2D eigenvalue weighted by molar-refractivity contribution is 5.76. The summed E-state index contributed by atoms with van der Waals surface area (Å²) in [7, 11) is 0. The molecule has 9 N–H and O–H groups in total. The molecule has 12 unspecified atom stereocenters. The zero-order chi connectivity index (χ0) is 60.9. The molecule has 2 fully saturated rings. The van der Waals surface area contributed by atoms with Crippen LogP contribution in [0.3, 0.4) is 0 Å². The van der Waals surface area contributed by atoms with Crippen molar-refractivity contribution < 1.29 is 64.6 Å². The quantitative estimate of drug-likeness (QED) is 0.0259. The molecule has 0 bridgehead atoms.